The van der Waals surface area contributed by atoms with Gasteiger partial charge in [0.05, 0.1) is 5.56 Å². The zero-order valence-electron chi connectivity index (χ0n) is 10.6. The molecule has 4 heteroatoms. The van der Waals surface area contributed by atoms with E-state index < -0.39 is 5.97 Å². The number of rotatable bonds is 3. The number of hydrogen-bond donors (Lipinski definition) is 2. The molecule has 0 aliphatic heterocycles. The van der Waals surface area contributed by atoms with Crippen LogP contribution in [0.15, 0.2) is 48.5 Å². The molecule has 0 saturated heterocycles. The Morgan fingerprint density at radius 3 is 2.42 bits per heavy atom. The first-order valence-corrected chi connectivity index (χ1v) is 5.62. The van der Waals surface area contributed by atoms with Crippen LogP contribution in [0.1, 0.15) is 15.9 Å². The number of nitrogens with one attached hydrogen (secondary N) is 1. The maximum absolute atomic E-state index is 10.8. The topological polar surface area (TPSA) is 66.4 Å². The largest absolute Gasteiger partial charge is 0.478 e. The molecule has 0 unspecified atom stereocenters. The second kappa shape index (κ2) is 6.96. The van der Waals surface area contributed by atoms with Gasteiger partial charge in [-0.1, -0.05) is 24.3 Å². The molecule has 98 valence electrons. The lowest BCUT2D eigenvalue weighted by molar-refractivity contribution is -0.0980. The Bertz CT molecular complexity index is 567. The number of hydrogen-bond acceptors (Lipinski definition) is 3. The first-order chi connectivity index (χ1) is 9.16. The first-order valence-electron chi connectivity index (χ1n) is 5.62. The van der Waals surface area contributed by atoms with E-state index in [9.17, 15) is 4.79 Å². The minimum Gasteiger partial charge on any atom is -0.478 e. The fraction of sp³-hybridized carbons (Fsp3) is 0.0667. The minimum absolute atomic E-state index is 0.281. The van der Waals surface area contributed by atoms with Crippen molar-refractivity contribution in [2.45, 2.75) is 6.92 Å². The van der Waals surface area contributed by atoms with Crippen LogP contribution in [0.3, 0.4) is 0 Å². The molecule has 0 aliphatic rings. The number of carbonyl (C=O) groups is 2. The lowest BCUT2D eigenvalue weighted by Gasteiger charge is -2.09. The molecule has 0 aliphatic carbocycles. The smallest absolute Gasteiger partial charge is 0.335 e. The molecule has 19 heavy (non-hydrogen) atoms. The van der Waals surface area contributed by atoms with Crippen LogP contribution in [0.25, 0.3) is 0 Å². The fourth-order valence-electron chi connectivity index (χ4n) is 1.60. The number of carboxylic acid groups (broad SMARTS) is 1. The SMILES string of the molecule is C=O.Cc1ccccc1Nc1cccc(C(=O)O)c1. The Kier molecular flexibility index (Phi) is 5.29. The van der Waals surface area contributed by atoms with E-state index in [1.165, 1.54) is 0 Å². The van der Waals surface area contributed by atoms with Gasteiger partial charge in [-0.05, 0) is 36.8 Å². The number of para-hydroxylation sites is 1. The van der Waals surface area contributed by atoms with Gasteiger partial charge in [-0.15, -0.1) is 0 Å². The summed E-state index contributed by atoms with van der Waals surface area (Å²) in [4.78, 5) is 18.8. The molecule has 2 N–H and O–H groups in total. The van der Waals surface area contributed by atoms with E-state index in [0.717, 1.165) is 16.9 Å². The van der Waals surface area contributed by atoms with Gasteiger partial charge in [-0.2, -0.15) is 0 Å². The van der Waals surface area contributed by atoms with Crippen molar-refractivity contribution in [2.75, 3.05) is 5.32 Å². The Labute approximate surface area is 111 Å². The van der Waals surface area contributed by atoms with Gasteiger partial charge in [0.15, 0.2) is 0 Å². The summed E-state index contributed by atoms with van der Waals surface area (Å²) in [5.74, 6) is -0.918. The molecule has 0 atom stereocenters. The third-order valence-electron chi connectivity index (χ3n) is 2.53. The quantitative estimate of drug-likeness (QED) is 0.885. The number of aromatic carboxylic acids is 1. The number of anilines is 2. The third kappa shape index (κ3) is 3.96. The van der Waals surface area contributed by atoms with Crippen LogP contribution in [0.5, 0.6) is 0 Å². The van der Waals surface area contributed by atoms with Crippen LogP contribution in [-0.4, -0.2) is 17.9 Å². The predicted octanol–water partition coefficient (Wildman–Crippen LogP) is 3.25. The highest BCUT2D eigenvalue weighted by molar-refractivity contribution is 5.89. The number of aryl methyl sites for hydroxylation is 1. The van der Waals surface area contributed by atoms with Gasteiger partial charge in [0.1, 0.15) is 6.79 Å². The van der Waals surface area contributed by atoms with E-state index in [4.69, 9.17) is 9.90 Å². The van der Waals surface area contributed by atoms with Crippen molar-refractivity contribution in [1.82, 2.24) is 0 Å². The molecule has 2 aromatic rings. The first kappa shape index (κ1) is 14.4. The van der Waals surface area contributed by atoms with Crippen molar-refractivity contribution in [3.8, 4) is 0 Å². The molecule has 0 radical (unpaired) electrons. The van der Waals surface area contributed by atoms with E-state index in [-0.39, 0.29) is 5.56 Å². The maximum atomic E-state index is 10.8. The lowest BCUT2D eigenvalue weighted by Crippen LogP contribution is -1.98. The van der Waals surface area contributed by atoms with Crippen molar-refractivity contribution in [3.63, 3.8) is 0 Å². The van der Waals surface area contributed by atoms with E-state index in [1.807, 2.05) is 44.0 Å². The zero-order valence-corrected chi connectivity index (χ0v) is 10.6. The Balaban J connectivity index is 0.000000861. The average molecular weight is 257 g/mol. The lowest BCUT2D eigenvalue weighted by atomic mass is 10.1. The number of benzene rings is 2. The molecule has 0 heterocycles. The summed E-state index contributed by atoms with van der Waals surface area (Å²) in [6.07, 6.45) is 0. The van der Waals surface area contributed by atoms with Crippen molar-refractivity contribution >= 4 is 24.1 Å². The number of carboxylic acids is 1. The molecular weight excluding hydrogens is 242 g/mol. The van der Waals surface area contributed by atoms with Gasteiger partial charge < -0.3 is 15.2 Å². The predicted molar refractivity (Wildman–Crippen MR) is 75.0 cm³/mol. The summed E-state index contributed by atoms with van der Waals surface area (Å²) in [6.45, 7) is 4.00. The van der Waals surface area contributed by atoms with Crippen molar-refractivity contribution in [3.05, 3.63) is 59.7 Å². The highest BCUT2D eigenvalue weighted by Crippen LogP contribution is 2.20. The molecule has 0 spiro atoms. The Morgan fingerprint density at radius 1 is 1.11 bits per heavy atom. The van der Waals surface area contributed by atoms with Crippen LogP contribution in [-0.2, 0) is 4.79 Å². The molecule has 0 bridgehead atoms. The Hall–Kier alpha value is -2.62. The standard InChI is InChI=1S/C14H13NO2.CH2O/c1-10-5-2-3-8-13(10)15-12-7-4-6-11(9-12)14(16)17;1-2/h2-9,15H,1H3,(H,16,17);1H2. The van der Waals surface area contributed by atoms with Crippen LogP contribution in [0.2, 0.25) is 0 Å². The highest BCUT2D eigenvalue weighted by atomic mass is 16.4. The summed E-state index contributed by atoms with van der Waals surface area (Å²) < 4.78 is 0. The zero-order chi connectivity index (χ0) is 14.3. The number of carbonyl (C=O) groups excluding carboxylic acids is 1. The van der Waals surface area contributed by atoms with E-state index in [1.54, 1.807) is 18.2 Å². The van der Waals surface area contributed by atoms with Crippen molar-refractivity contribution < 1.29 is 14.7 Å². The van der Waals surface area contributed by atoms with Gasteiger partial charge in [-0.25, -0.2) is 4.79 Å². The molecule has 0 saturated carbocycles. The molecular formula is C15H15NO3. The van der Waals surface area contributed by atoms with E-state index in [0.29, 0.717) is 0 Å². The normalized spacial score (nSPS) is 9.11. The van der Waals surface area contributed by atoms with Crippen molar-refractivity contribution in [1.29, 1.82) is 0 Å². The summed E-state index contributed by atoms with van der Waals surface area (Å²) in [7, 11) is 0. The van der Waals surface area contributed by atoms with Crippen LogP contribution in [0, 0.1) is 6.92 Å². The second-order valence-corrected chi connectivity index (χ2v) is 3.83. The minimum atomic E-state index is -0.918. The van der Waals surface area contributed by atoms with Crippen LogP contribution in [0.4, 0.5) is 11.4 Å². The summed E-state index contributed by atoms with van der Waals surface area (Å²) >= 11 is 0. The highest BCUT2D eigenvalue weighted by Gasteiger charge is 2.03. The average Bonchev–Trinajstić information content (AvgIpc) is 2.44. The van der Waals surface area contributed by atoms with Crippen LogP contribution < -0.4 is 5.32 Å². The van der Waals surface area contributed by atoms with Gasteiger partial charge >= 0.3 is 5.97 Å². The van der Waals surface area contributed by atoms with Crippen molar-refractivity contribution in [2.24, 2.45) is 0 Å². The molecule has 2 aromatic carbocycles. The third-order valence-corrected chi connectivity index (χ3v) is 2.53. The van der Waals surface area contributed by atoms with E-state index >= 15 is 0 Å². The summed E-state index contributed by atoms with van der Waals surface area (Å²) in [5, 5.41) is 12.1. The summed E-state index contributed by atoms with van der Waals surface area (Å²) in [5.41, 5.74) is 3.16. The van der Waals surface area contributed by atoms with Gasteiger partial charge in [0.25, 0.3) is 0 Å². The maximum Gasteiger partial charge on any atom is 0.335 e. The van der Waals surface area contributed by atoms with Gasteiger partial charge in [0.2, 0.25) is 0 Å². The second-order valence-electron chi connectivity index (χ2n) is 3.83. The van der Waals surface area contributed by atoms with Crippen LogP contribution >= 0.6 is 0 Å². The Morgan fingerprint density at radius 2 is 1.79 bits per heavy atom. The molecule has 0 fully saturated rings. The summed E-state index contributed by atoms with van der Waals surface area (Å²) in [6, 6.07) is 14.6. The monoisotopic (exact) mass is 257 g/mol. The molecule has 0 aromatic heterocycles. The van der Waals surface area contributed by atoms with Gasteiger partial charge in [0, 0.05) is 11.4 Å². The molecule has 0 amide bonds. The van der Waals surface area contributed by atoms with E-state index in [2.05, 4.69) is 5.32 Å². The fourth-order valence-corrected chi connectivity index (χ4v) is 1.60. The van der Waals surface area contributed by atoms with Gasteiger partial charge in [-0.3, -0.25) is 0 Å². The molecule has 4 nitrogen and oxygen atoms in total. The molecule has 2 rings (SSSR count).